The Labute approximate surface area is 165 Å². The molecule has 2 heterocycles. The number of aromatic nitrogens is 1. The molecule has 1 aliphatic heterocycles. The highest BCUT2D eigenvalue weighted by Gasteiger charge is 2.32. The molecule has 9 heteroatoms. The van der Waals surface area contributed by atoms with Gasteiger partial charge in [-0.2, -0.15) is 5.26 Å². The number of nitrogens with one attached hydrogen (secondary N) is 1. The summed E-state index contributed by atoms with van der Waals surface area (Å²) in [5.74, 6) is -0.0330. The van der Waals surface area contributed by atoms with Crippen molar-refractivity contribution in [2.75, 3.05) is 18.8 Å². The molecule has 1 N–H and O–H groups in total. The van der Waals surface area contributed by atoms with Gasteiger partial charge in [0.1, 0.15) is 6.04 Å². The molecule has 1 aliphatic carbocycles. The molecule has 2 unspecified atom stereocenters. The van der Waals surface area contributed by atoms with E-state index in [1.807, 2.05) is 0 Å². The Morgan fingerprint density at radius 2 is 2.21 bits per heavy atom. The third-order valence-corrected chi connectivity index (χ3v) is 7.22. The van der Waals surface area contributed by atoms with Crippen LogP contribution in [-0.2, 0) is 14.6 Å². The summed E-state index contributed by atoms with van der Waals surface area (Å²) < 4.78 is 25.1. The monoisotopic (exact) mass is 401 g/mol. The number of amides is 1. The molecule has 0 spiro atoms. The van der Waals surface area contributed by atoms with Gasteiger partial charge in [0.15, 0.2) is 14.9 Å². The van der Waals surface area contributed by atoms with E-state index >= 15 is 0 Å². The predicted molar refractivity (Wildman–Crippen MR) is 102 cm³/mol. The summed E-state index contributed by atoms with van der Waals surface area (Å²) in [5, 5.41) is 12.3. The molecular weight excluding hydrogens is 378 g/mol. The first-order valence-electron chi connectivity index (χ1n) is 9.41. The van der Waals surface area contributed by atoms with E-state index in [2.05, 4.69) is 21.2 Å². The Bertz CT molecular complexity index is 901. The van der Waals surface area contributed by atoms with Crippen molar-refractivity contribution < 1.29 is 13.2 Å². The normalized spacial score (nSPS) is 24.6. The lowest BCUT2D eigenvalue weighted by Gasteiger charge is -2.21. The third-order valence-electron chi connectivity index (χ3n) is 5.43. The maximum absolute atomic E-state index is 12.6. The van der Waals surface area contributed by atoms with Crippen molar-refractivity contribution in [2.45, 2.75) is 49.2 Å². The fourth-order valence-electron chi connectivity index (χ4n) is 3.96. The minimum atomic E-state index is -3.50. The van der Waals surface area contributed by atoms with Gasteiger partial charge in [-0.3, -0.25) is 9.78 Å². The van der Waals surface area contributed by atoms with E-state index in [-0.39, 0.29) is 41.2 Å². The van der Waals surface area contributed by atoms with Gasteiger partial charge in [-0.1, -0.05) is 6.07 Å². The quantitative estimate of drug-likeness (QED) is 0.727. The minimum absolute atomic E-state index is 0.00284. The number of likely N-dealkylation sites (tertiary alicyclic amines) is 1. The van der Waals surface area contributed by atoms with E-state index in [4.69, 9.17) is 11.8 Å². The van der Waals surface area contributed by atoms with Crippen molar-refractivity contribution in [1.29, 1.82) is 5.26 Å². The van der Waals surface area contributed by atoms with Crippen molar-refractivity contribution in [1.82, 2.24) is 15.2 Å². The number of nitrogens with zero attached hydrogens (tertiary/aromatic N) is 4. The molecule has 1 saturated carbocycles. The van der Waals surface area contributed by atoms with E-state index < -0.39 is 9.84 Å². The summed E-state index contributed by atoms with van der Waals surface area (Å²) >= 11 is 0. The highest BCUT2D eigenvalue weighted by Crippen LogP contribution is 2.29. The van der Waals surface area contributed by atoms with Crippen molar-refractivity contribution in [3.8, 4) is 6.07 Å². The first-order chi connectivity index (χ1) is 13.4. The maximum atomic E-state index is 12.6. The van der Waals surface area contributed by atoms with Gasteiger partial charge in [-0.25, -0.2) is 13.3 Å². The Hall–Kier alpha value is -2.49. The minimum Gasteiger partial charge on any atom is -0.326 e. The zero-order valence-electron chi connectivity index (χ0n) is 15.5. The van der Waals surface area contributed by atoms with Gasteiger partial charge in [-0.05, 0) is 44.1 Å². The number of carbonyl (C=O) groups excluding carboxylic acids is 1. The second kappa shape index (κ2) is 8.68. The number of hydrogen-bond donors (Lipinski definition) is 1. The summed E-state index contributed by atoms with van der Waals surface area (Å²) in [6.07, 6.45) is 5.15. The van der Waals surface area contributed by atoms with Crippen LogP contribution in [0.4, 0.5) is 5.69 Å². The van der Waals surface area contributed by atoms with Crippen LogP contribution in [0.15, 0.2) is 23.4 Å². The molecule has 28 heavy (non-hydrogen) atoms. The van der Waals surface area contributed by atoms with Crippen LogP contribution >= 0.6 is 0 Å². The second-order valence-corrected chi connectivity index (χ2v) is 9.36. The highest BCUT2D eigenvalue weighted by atomic mass is 32.2. The van der Waals surface area contributed by atoms with Crippen LogP contribution in [0, 0.1) is 23.8 Å². The van der Waals surface area contributed by atoms with Crippen LogP contribution < -0.4 is 5.32 Å². The predicted octanol–water partition coefficient (Wildman–Crippen LogP) is 1.68. The zero-order chi connectivity index (χ0) is 20.1. The topological polar surface area (TPSA) is 108 Å². The summed E-state index contributed by atoms with van der Waals surface area (Å²) in [4.78, 5) is 21.1. The lowest BCUT2D eigenvalue weighted by Crippen LogP contribution is -2.43. The Kier molecular flexibility index (Phi) is 6.28. The lowest BCUT2D eigenvalue weighted by molar-refractivity contribution is -0.130. The number of pyridine rings is 1. The Morgan fingerprint density at radius 1 is 1.39 bits per heavy atom. The fraction of sp³-hybridized carbons (Fsp3) is 0.579. The SMILES string of the molecule is [C-]#[N+]c1ccc(S(=O)(=O)CC2CCC(NCC(=O)N3CCC[C@H]3C#N)C2)nc1. The lowest BCUT2D eigenvalue weighted by atomic mass is 10.1. The summed E-state index contributed by atoms with van der Waals surface area (Å²) in [7, 11) is -3.50. The largest absolute Gasteiger partial charge is 0.326 e. The average molecular weight is 401 g/mol. The molecule has 3 rings (SSSR count). The van der Waals surface area contributed by atoms with Crippen LogP contribution in [0.5, 0.6) is 0 Å². The Morgan fingerprint density at radius 3 is 2.89 bits per heavy atom. The summed E-state index contributed by atoms with van der Waals surface area (Å²) in [5.41, 5.74) is 0.311. The highest BCUT2D eigenvalue weighted by molar-refractivity contribution is 7.91. The molecule has 3 atom stereocenters. The van der Waals surface area contributed by atoms with E-state index in [1.54, 1.807) is 4.90 Å². The van der Waals surface area contributed by atoms with Crippen LogP contribution in [0.3, 0.4) is 0 Å². The van der Waals surface area contributed by atoms with Gasteiger partial charge >= 0.3 is 0 Å². The summed E-state index contributed by atoms with van der Waals surface area (Å²) in [6, 6.07) is 4.79. The van der Waals surface area contributed by atoms with Crippen molar-refractivity contribution in [3.05, 3.63) is 29.7 Å². The average Bonchev–Trinajstić information content (AvgIpc) is 3.35. The van der Waals surface area contributed by atoms with Crippen molar-refractivity contribution in [2.24, 2.45) is 5.92 Å². The molecule has 2 aliphatic rings. The second-order valence-electron chi connectivity index (χ2n) is 7.38. The smallest absolute Gasteiger partial charge is 0.237 e. The molecule has 1 amide bonds. The number of carbonyl (C=O) groups is 1. The van der Waals surface area contributed by atoms with E-state index in [0.717, 1.165) is 25.7 Å². The van der Waals surface area contributed by atoms with Gasteiger partial charge in [0.2, 0.25) is 11.6 Å². The molecule has 2 fully saturated rings. The van der Waals surface area contributed by atoms with E-state index in [0.29, 0.717) is 18.7 Å². The first kappa shape index (κ1) is 20.2. The number of nitriles is 1. The van der Waals surface area contributed by atoms with Gasteiger partial charge in [0.25, 0.3) is 0 Å². The first-order valence-corrected chi connectivity index (χ1v) is 11.1. The van der Waals surface area contributed by atoms with Gasteiger partial charge in [0, 0.05) is 18.8 Å². The molecule has 1 saturated heterocycles. The number of rotatable bonds is 6. The van der Waals surface area contributed by atoms with Crippen molar-refractivity contribution >= 4 is 21.4 Å². The molecule has 0 radical (unpaired) electrons. The fourth-order valence-corrected chi connectivity index (χ4v) is 5.55. The number of hydrogen-bond acceptors (Lipinski definition) is 6. The van der Waals surface area contributed by atoms with Gasteiger partial charge < -0.3 is 10.2 Å². The molecular formula is C19H23N5O3S. The van der Waals surface area contributed by atoms with Gasteiger partial charge in [-0.15, -0.1) is 0 Å². The van der Waals surface area contributed by atoms with Crippen LogP contribution in [0.25, 0.3) is 4.85 Å². The maximum Gasteiger partial charge on any atom is 0.237 e. The molecule has 8 nitrogen and oxygen atoms in total. The van der Waals surface area contributed by atoms with Crippen LogP contribution in [0.1, 0.15) is 32.1 Å². The van der Waals surface area contributed by atoms with Crippen molar-refractivity contribution in [3.63, 3.8) is 0 Å². The molecule has 148 valence electrons. The van der Waals surface area contributed by atoms with Crippen LogP contribution in [0.2, 0.25) is 0 Å². The molecule has 1 aromatic rings. The third kappa shape index (κ3) is 4.67. The molecule has 0 aromatic carbocycles. The van der Waals surface area contributed by atoms with E-state index in [1.165, 1.54) is 18.3 Å². The van der Waals surface area contributed by atoms with Gasteiger partial charge in [0.05, 0.1) is 24.9 Å². The standard InChI is InChI=1S/C19H23N5O3S/c1-21-16-6-7-18(23-11-16)28(26,27)13-14-4-5-15(9-14)22-12-19(25)24-8-2-3-17(24)10-20/h6-7,11,14-15,17,22H,2-5,8-9,12-13H2/t14?,15?,17-/m0/s1. The summed E-state index contributed by atoms with van der Waals surface area (Å²) in [6.45, 7) is 7.72. The van der Waals surface area contributed by atoms with Crippen LogP contribution in [-0.4, -0.2) is 55.1 Å². The molecule has 1 aromatic heterocycles. The van der Waals surface area contributed by atoms with E-state index in [9.17, 15) is 13.2 Å². The number of sulfone groups is 1. The zero-order valence-corrected chi connectivity index (χ0v) is 16.4. The molecule has 0 bridgehead atoms. The Balaban J connectivity index is 1.49.